The molecule has 0 aliphatic carbocycles. The number of hydrogen-bond acceptors (Lipinski definition) is 3. The van der Waals surface area contributed by atoms with Crippen LogP contribution >= 0.6 is 0 Å². The van der Waals surface area contributed by atoms with Crippen LogP contribution in [0.4, 0.5) is 11.6 Å². The van der Waals surface area contributed by atoms with Crippen LogP contribution in [0.5, 0.6) is 0 Å². The molecule has 2 aromatic carbocycles. The highest BCUT2D eigenvalue weighted by Gasteiger charge is 2.02. The largest absolute Gasteiger partial charge is 0.399 e. The normalized spacial score (nSPS) is 10.7. The zero-order valence-electron chi connectivity index (χ0n) is 9.85. The van der Waals surface area contributed by atoms with E-state index in [-0.39, 0.29) is 0 Å². The lowest BCUT2D eigenvalue weighted by Crippen LogP contribution is -2.00. The van der Waals surface area contributed by atoms with E-state index in [1.807, 2.05) is 36.4 Å². The van der Waals surface area contributed by atoms with Crippen LogP contribution in [0.15, 0.2) is 48.5 Å². The maximum atomic E-state index is 5.73. The third-order valence-corrected chi connectivity index (χ3v) is 2.81. The second kappa shape index (κ2) is 4.41. The Morgan fingerprint density at radius 1 is 1.11 bits per heavy atom. The molecule has 0 saturated carbocycles. The molecule has 0 atom stereocenters. The summed E-state index contributed by atoms with van der Waals surface area (Å²) in [5.41, 5.74) is 9.55. The molecule has 1 aromatic heterocycles. The molecule has 0 bridgehead atoms. The van der Waals surface area contributed by atoms with Crippen molar-refractivity contribution in [1.82, 2.24) is 9.97 Å². The van der Waals surface area contributed by atoms with Crippen LogP contribution in [0.2, 0.25) is 0 Å². The lowest BCUT2D eigenvalue weighted by molar-refractivity contribution is 1.10. The van der Waals surface area contributed by atoms with Gasteiger partial charge in [0.2, 0.25) is 5.95 Å². The molecular formula is C14H14N4. The molecule has 18 heavy (non-hydrogen) atoms. The number of aromatic amines is 1. The molecule has 0 amide bonds. The summed E-state index contributed by atoms with van der Waals surface area (Å²) in [5, 5.41) is 3.26. The third-order valence-electron chi connectivity index (χ3n) is 2.81. The van der Waals surface area contributed by atoms with Crippen molar-refractivity contribution in [2.24, 2.45) is 0 Å². The van der Waals surface area contributed by atoms with E-state index < -0.39 is 0 Å². The molecule has 4 N–H and O–H groups in total. The lowest BCUT2D eigenvalue weighted by Gasteiger charge is -2.01. The standard InChI is InChI=1S/C14H14N4/c15-11-6-7-12-13(8-11)18-14(17-12)16-9-10-4-2-1-3-5-10/h1-8H,9,15H2,(H2,16,17,18). The van der Waals surface area contributed by atoms with Gasteiger partial charge in [0, 0.05) is 12.2 Å². The van der Waals surface area contributed by atoms with E-state index in [1.165, 1.54) is 5.56 Å². The minimum absolute atomic E-state index is 0.737. The van der Waals surface area contributed by atoms with E-state index >= 15 is 0 Å². The van der Waals surface area contributed by atoms with Crippen LogP contribution < -0.4 is 11.1 Å². The molecule has 4 heteroatoms. The monoisotopic (exact) mass is 238 g/mol. The Morgan fingerprint density at radius 2 is 1.94 bits per heavy atom. The highest BCUT2D eigenvalue weighted by Crippen LogP contribution is 2.17. The fourth-order valence-electron chi connectivity index (χ4n) is 1.89. The van der Waals surface area contributed by atoms with E-state index in [2.05, 4.69) is 27.4 Å². The number of nitrogens with zero attached hydrogens (tertiary/aromatic N) is 1. The summed E-state index contributed by atoms with van der Waals surface area (Å²) < 4.78 is 0. The fraction of sp³-hybridized carbons (Fsp3) is 0.0714. The molecular weight excluding hydrogens is 224 g/mol. The molecule has 1 heterocycles. The highest BCUT2D eigenvalue weighted by molar-refractivity contribution is 5.80. The fourth-order valence-corrected chi connectivity index (χ4v) is 1.89. The van der Waals surface area contributed by atoms with E-state index in [4.69, 9.17) is 5.73 Å². The number of aromatic nitrogens is 2. The van der Waals surface area contributed by atoms with Crippen LogP contribution in [0, 0.1) is 0 Å². The second-order valence-corrected chi connectivity index (χ2v) is 4.20. The Bertz CT molecular complexity index is 658. The van der Waals surface area contributed by atoms with Crippen molar-refractivity contribution in [1.29, 1.82) is 0 Å². The number of fused-ring (bicyclic) bond motifs is 1. The minimum atomic E-state index is 0.737. The van der Waals surface area contributed by atoms with Gasteiger partial charge in [0.15, 0.2) is 0 Å². The number of H-pyrrole nitrogens is 1. The van der Waals surface area contributed by atoms with Gasteiger partial charge in [-0.05, 0) is 23.8 Å². The number of benzene rings is 2. The minimum Gasteiger partial charge on any atom is -0.399 e. The Hall–Kier alpha value is -2.49. The summed E-state index contributed by atoms with van der Waals surface area (Å²) in [5.74, 6) is 0.763. The Balaban J connectivity index is 1.79. The Kier molecular flexibility index (Phi) is 2.61. The van der Waals surface area contributed by atoms with E-state index in [0.29, 0.717) is 0 Å². The van der Waals surface area contributed by atoms with Crippen LogP contribution in [-0.2, 0) is 6.54 Å². The summed E-state index contributed by atoms with van der Waals surface area (Å²) in [6.07, 6.45) is 0. The Morgan fingerprint density at radius 3 is 2.78 bits per heavy atom. The predicted molar refractivity (Wildman–Crippen MR) is 74.3 cm³/mol. The smallest absolute Gasteiger partial charge is 0.201 e. The zero-order valence-corrected chi connectivity index (χ0v) is 9.85. The van der Waals surface area contributed by atoms with E-state index in [9.17, 15) is 0 Å². The summed E-state index contributed by atoms with van der Waals surface area (Å²) in [7, 11) is 0. The quantitative estimate of drug-likeness (QED) is 0.615. The van der Waals surface area contributed by atoms with E-state index in [1.54, 1.807) is 0 Å². The first-order valence-electron chi connectivity index (χ1n) is 5.84. The molecule has 0 spiro atoms. The van der Waals surface area contributed by atoms with Crippen molar-refractivity contribution >= 4 is 22.7 Å². The second-order valence-electron chi connectivity index (χ2n) is 4.20. The van der Waals surface area contributed by atoms with Crippen molar-refractivity contribution in [2.45, 2.75) is 6.54 Å². The van der Waals surface area contributed by atoms with Crippen molar-refractivity contribution in [3.05, 3.63) is 54.1 Å². The average molecular weight is 238 g/mol. The van der Waals surface area contributed by atoms with Gasteiger partial charge in [-0.2, -0.15) is 0 Å². The highest BCUT2D eigenvalue weighted by atomic mass is 15.1. The molecule has 4 nitrogen and oxygen atoms in total. The number of rotatable bonds is 3. The first-order valence-corrected chi connectivity index (χ1v) is 5.84. The van der Waals surface area contributed by atoms with Gasteiger partial charge in [0.05, 0.1) is 11.0 Å². The summed E-state index contributed by atoms with van der Waals surface area (Å²) in [6.45, 7) is 0.746. The SMILES string of the molecule is Nc1ccc2nc(NCc3ccccc3)[nH]c2c1. The molecule has 0 aliphatic rings. The molecule has 3 aromatic rings. The van der Waals surface area contributed by atoms with Crippen LogP contribution in [0.3, 0.4) is 0 Å². The number of imidazole rings is 1. The van der Waals surface area contributed by atoms with Crippen LogP contribution in [-0.4, -0.2) is 9.97 Å². The maximum absolute atomic E-state index is 5.73. The zero-order chi connectivity index (χ0) is 12.4. The molecule has 90 valence electrons. The number of hydrogen-bond donors (Lipinski definition) is 3. The third kappa shape index (κ3) is 2.13. The number of anilines is 2. The summed E-state index contributed by atoms with van der Waals surface area (Å²) >= 11 is 0. The van der Waals surface area contributed by atoms with Crippen LogP contribution in [0.25, 0.3) is 11.0 Å². The van der Waals surface area contributed by atoms with Gasteiger partial charge < -0.3 is 16.0 Å². The molecule has 0 saturated heterocycles. The molecule has 0 fully saturated rings. The van der Waals surface area contributed by atoms with Crippen LogP contribution in [0.1, 0.15) is 5.56 Å². The Labute approximate surface area is 105 Å². The van der Waals surface area contributed by atoms with Crippen molar-refractivity contribution in [3.8, 4) is 0 Å². The molecule has 3 rings (SSSR count). The summed E-state index contributed by atoms with van der Waals surface area (Å²) in [4.78, 5) is 7.65. The molecule has 0 unspecified atom stereocenters. The first-order chi connectivity index (χ1) is 8.81. The number of nitrogen functional groups attached to an aromatic ring is 1. The lowest BCUT2D eigenvalue weighted by atomic mass is 10.2. The molecule has 0 radical (unpaired) electrons. The summed E-state index contributed by atoms with van der Waals surface area (Å²) in [6, 6.07) is 15.9. The number of nitrogens with one attached hydrogen (secondary N) is 2. The first kappa shape index (κ1) is 10.7. The van der Waals surface area contributed by atoms with Gasteiger partial charge in [-0.25, -0.2) is 4.98 Å². The average Bonchev–Trinajstić information content (AvgIpc) is 2.79. The van der Waals surface area contributed by atoms with Gasteiger partial charge in [-0.15, -0.1) is 0 Å². The van der Waals surface area contributed by atoms with Gasteiger partial charge in [-0.3, -0.25) is 0 Å². The van der Waals surface area contributed by atoms with Crippen molar-refractivity contribution in [2.75, 3.05) is 11.1 Å². The van der Waals surface area contributed by atoms with E-state index in [0.717, 1.165) is 29.2 Å². The van der Waals surface area contributed by atoms with Gasteiger partial charge in [-0.1, -0.05) is 30.3 Å². The van der Waals surface area contributed by atoms with Gasteiger partial charge in [0.1, 0.15) is 0 Å². The maximum Gasteiger partial charge on any atom is 0.201 e. The van der Waals surface area contributed by atoms with Gasteiger partial charge in [0.25, 0.3) is 0 Å². The van der Waals surface area contributed by atoms with Crippen molar-refractivity contribution < 1.29 is 0 Å². The van der Waals surface area contributed by atoms with Crippen molar-refractivity contribution in [3.63, 3.8) is 0 Å². The van der Waals surface area contributed by atoms with Gasteiger partial charge >= 0.3 is 0 Å². The number of nitrogens with two attached hydrogens (primary N) is 1. The topological polar surface area (TPSA) is 66.7 Å². The predicted octanol–water partition coefficient (Wildman–Crippen LogP) is 2.76. The molecule has 0 aliphatic heterocycles.